The van der Waals surface area contributed by atoms with Crippen molar-refractivity contribution in [3.8, 4) is 0 Å². The number of carboxylic acid groups (broad SMARTS) is 1. The summed E-state index contributed by atoms with van der Waals surface area (Å²) in [6.45, 7) is 0.511. The van der Waals surface area contributed by atoms with Crippen molar-refractivity contribution in [2.45, 2.75) is 94.4 Å². The van der Waals surface area contributed by atoms with Crippen molar-refractivity contribution in [2.75, 3.05) is 6.54 Å². The second-order valence-corrected chi connectivity index (χ2v) is 12.8. The molecule has 2 unspecified atom stereocenters. The summed E-state index contributed by atoms with van der Waals surface area (Å²) in [5.74, 6) is -1.71. The lowest BCUT2D eigenvalue weighted by Gasteiger charge is -2.27. The molecule has 9 nitrogen and oxygen atoms in total. The summed E-state index contributed by atoms with van der Waals surface area (Å²) in [6, 6.07) is 6.54. The molecular formula is C29H40ClN3O6S. The molecule has 4 N–H and O–H groups in total. The molecule has 2 saturated carbocycles. The topological polar surface area (TPSA) is 134 Å². The number of halogens is 1. The molecule has 4 rings (SSSR count). The Morgan fingerprint density at radius 1 is 1.07 bits per heavy atom. The van der Waals surface area contributed by atoms with Crippen LogP contribution in [0, 0.1) is 17.8 Å². The van der Waals surface area contributed by atoms with Gasteiger partial charge in [0, 0.05) is 23.4 Å². The van der Waals surface area contributed by atoms with Crippen LogP contribution in [0.2, 0.25) is 5.02 Å². The van der Waals surface area contributed by atoms with Gasteiger partial charge < -0.3 is 20.5 Å². The van der Waals surface area contributed by atoms with E-state index in [2.05, 4.69) is 15.4 Å². The largest absolute Gasteiger partial charge is 0.480 e. The number of ether oxygens (including phenoxy) is 1. The van der Waals surface area contributed by atoms with Gasteiger partial charge >= 0.3 is 12.1 Å². The van der Waals surface area contributed by atoms with Gasteiger partial charge in [0.15, 0.2) is 0 Å². The number of rotatable bonds is 12. The third kappa shape index (κ3) is 9.03. The van der Waals surface area contributed by atoms with Crippen LogP contribution in [0.4, 0.5) is 4.79 Å². The summed E-state index contributed by atoms with van der Waals surface area (Å²) in [6.07, 6.45) is 9.18. The highest BCUT2D eigenvalue weighted by molar-refractivity contribution is 7.99. The molecule has 3 aliphatic rings. The van der Waals surface area contributed by atoms with Gasteiger partial charge in [-0.1, -0.05) is 55.8 Å². The number of benzene rings is 1. The van der Waals surface area contributed by atoms with E-state index in [1.807, 2.05) is 24.3 Å². The smallest absolute Gasteiger partial charge is 0.417 e. The van der Waals surface area contributed by atoms with Gasteiger partial charge in [-0.2, -0.15) is 0 Å². The first-order chi connectivity index (χ1) is 19.3. The summed E-state index contributed by atoms with van der Waals surface area (Å²) >= 11 is 7.13. The molecule has 11 heteroatoms. The van der Waals surface area contributed by atoms with Gasteiger partial charge in [0.05, 0.1) is 0 Å². The van der Waals surface area contributed by atoms with Crippen LogP contribution in [-0.4, -0.2) is 52.9 Å². The highest BCUT2D eigenvalue weighted by Crippen LogP contribution is 2.33. The molecule has 5 atom stereocenters. The zero-order valence-corrected chi connectivity index (χ0v) is 24.3. The van der Waals surface area contributed by atoms with Crippen molar-refractivity contribution in [1.82, 2.24) is 15.4 Å². The van der Waals surface area contributed by atoms with Crippen molar-refractivity contribution in [3.63, 3.8) is 0 Å². The molecule has 1 saturated heterocycles. The fourth-order valence-electron chi connectivity index (χ4n) is 6.21. The van der Waals surface area contributed by atoms with Crippen LogP contribution < -0.4 is 15.4 Å². The zero-order valence-electron chi connectivity index (χ0n) is 22.7. The molecule has 220 valence electrons. The molecule has 40 heavy (non-hydrogen) atoms. The fourth-order valence-corrected chi connectivity index (χ4v) is 7.26. The monoisotopic (exact) mass is 593 g/mol. The number of carbonyl (C=O) groups excluding carboxylic acids is 3. The predicted octanol–water partition coefficient (Wildman–Crippen LogP) is 4.86. The maximum Gasteiger partial charge on any atom is 0.417 e. The highest BCUT2D eigenvalue weighted by Gasteiger charge is 2.35. The van der Waals surface area contributed by atoms with Crippen molar-refractivity contribution < 1.29 is 29.0 Å². The maximum absolute atomic E-state index is 13.3. The Labute approximate surface area is 245 Å². The molecule has 0 aromatic heterocycles. The van der Waals surface area contributed by atoms with Crippen LogP contribution >= 0.6 is 23.5 Å². The van der Waals surface area contributed by atoms with Gasteiger partial charge in [-0.25, -0.2) is 9.59 Å². The molecular weight excluding hydrogens is 554 g/mol. The number of amides is 3. The first-order valence-electron chi connectivity index (χ1n) is 14.5. The van der Waals surface area contributed by atoms with E-state index >= 15 is 0 Å². The standard InChI is InChI=1S/C29H40ClN3O6S/c30-22-10-4-8-19(15-22)14-20-9-5-11-24(20)39-29(38)33-40-25(16-18-6-2-1-3-7-18)27(35)32-23(28(36)37)17-21-12-13-31-26(21)34/h4,8,10,15,18,20-21,23-25H,1-3,5-7,9,11-14,16-17H2,(H,31,34)(H,32,35)(H,33,38)(H,36,37)/t20?,21-,23-,24?,25-/m0/s1. The highest BCUT2D eigenvalue weighted by atomic mass is 35.5. The Balaban J connectivity index is 1.33. The lowest BCUT2D eigenvalue weighted by atomic mass is 9.86. The molecule has 1 aromatic rings. The minimum Gasteiger partial charge on any atom is -0.480 e. The third-order valence-electron chi connectivity index (χ3n) is 8.38. The quantitative estimate of drug-likeness (QED) is 0.254. The number of nitrogens with one attached hydrogen (secondary N) is 3. The van der Waals surface area contributed by atoms with Gasteiger partial charge in [-0.05, 0) is 80.5 Å². The average Bonchev–Trinajstić information content (AvgIpc) is 3.54. The summed E-state index contributed by atoms with van der Waals surface area (Å²) in [5, 5.41) is 15.1. The molecule has 0 bridgehead atoms. The zero-order chi connectivity index (χ0) is 28.5. The lowest BCUT2D eigenvalue weighted by Crippen LogP contribution is -2.47. The second-order valence-electron chi connectivity index (χ2n) is 11.3. The maximum atomic E-state index is 13.3. The number of carboxylic acids is 1. The van der Waals surface area contributed by atoms with Gasteiger partial charge in [0.25, 0.3) is 0 Å². The van der Waals surface area contributed by atoms with Crippen LogP contribution in [0.15, 0.2) is 24.3 Å². The van der Waals surface area contributed by atoms with E-state index in [1.165, 1.54) is 6.42 Å². The minimum atomic E-state index is -1.17. The van der Waals surface area contributed by atoms with Crippen molar-refractivity contribution in [2.24, 2.45) is 17.8 Å². The number of aliphatic carboxylic acids is 1. The van der Waals surface area contributed by atoms with E-state index in [1.54, 1.807) is 0 Å². The van der Waals surface area contributed by atoms with Gasteiger partial charge in [-0.15, -0.1) is 0 Å². The van der Waals surface area contributed by atoms with Crippen LogP contribution in [0.3, 0.4) is 0 Å². The van der Waals surface area contributed by atoms with Crippen LogP contribution in [0.5, 0.6) is 0 Å². The normalized spacial score (nSPS) is 24.6. The Morgan fingerprint density at radius 3 is 2.58 bits per heavy atom. The first-order valence-corrected chi connectivity index (χ1v) is 15.7. The van der Waals surface area contributed by atoms with Gasteiger partial charge in [0.1, 0.15) is 17.4 Å². The minimum absolute atomic E-state index is 0.0406. The second kappa shape index (κ2) is 15.0. The number of hydrogen-bond acceptors (Lipinski definition) is 6. The summed E-state index contributed by atoms with van der Waals surface area (Å²) in [5.41, 5.74) is 1.11. The van der Waals surface area contributed by atoms with Crippen molar-refractivity contribution >= 4 is 47.4 Å². The van der Waals surface area contributed by atoms with E-state index in [-0.39, 0.29) is 24.3 Å². The van der Waals surface area contributed by atoms with E-state index in [4.69, 9.17) is 16.3 Å². The Kier molecular flexibility index (Phi) is 11.4. The summed E-state index contributed by atoms with van der Waals surface area (Å²) in [4.78, 5) is 50.1. The summed E-state index contributed by atoms with van der Waals surface area (Å²) in [7, 11) is 0. The third-order valence-corrected chi connectivity index (χ3v) is 9.59. The number of hydrogen-bond donors (Lipinski definition) is 4. The molecule has 0 spiro atoms. The fraction of sp³-hybridized carbons (Fsp3) is 0.655. The Hall–Kier alpha value is -2.46. The van der Waals surface area contributed by atoms with E-state index in [9.17, 15) is 24.3 Å². The average molecular weight is 594 g/mol. The molecule has 1 aliphatic heterocycles. The van der Waals surface area contributed by atoms with Crippen molar-refractivity contribution in [1.29, 1.82) is 0 Å². The molecule has 1 heterocycles. The number of carbonyl (C=O) groups is 4. The van der Waals surface area contributed by atoms with Crippen LogP contribution in [-0.2, 0) is 25.5 Å². The first kappa shape index (κ1) is 30.5. The SMILES string of the molecule is O=C(NS[C@@H](CC1CCCCC1)C(=O)N[C@@H](C[C@@H]1CCNC1=O)C(=O)O)OC1CCCC1Cc1cccc(Cl)c1. The van der Waals surface area contributed by atoms with E-state index in [0.29, 0.717) is 30.3 Å². The molecule has 2 aliphatic carbocycles. The van der Waals surface area contributed by atoms with E-state index in [0.717, 1.165) is 68.9 Å². The molecule has 3 fully saturated rings. The Morgan fingerprint density at radius 2 is 1.88 bits per heavy atom. The van der Waals surface area contributed by atoms with Crippen molar-refractivity contribution in [3.05, 3.63) is 34.9 Å². The van der Waals surface area contributed by atoms with Crippen LogP contribution in [0.1, 0.15) is 76.2 Å². The van der Waals surface area contributed by atoms with Crippen LogP contribution in [0.25, 0.3) is 0 Å². The molecule has 0 radical (unpaired) electrons. The summed E-state index contributed by atoms with van der Waals surface area (Å²) < 4.78 is 8.51. The molecule has 1 aromatic carbocycles. The van der Waals surface area contributed by atoms with Gasteiger partial charge in [-0.3, -0.25) is 14.3 Å². The molecule has 3 amide bonds. The van der Waals surface area contributed by atoms with Gasteiger partial charge in [0.2, 0.25) is 11.8 Å². The van der Waals surface area contributed by atoms with E-state index < -0.39 is 35.2 Å². The predicted molar refractivity (Wildman–Crippen MR) is 154 cm³/mol. The lowest BCUT2D eigenvalue weighted by molar-refractivity contribution is -0.142. The Bertz CT molecular complexity index is 1050.